The van der Waals surface area contributed by atoms with Crippen molar-refractivity contribution in [3.05, 3.63) is 83.0 Å². The quantitative estimate of drug-likeness (QED) is 0.483. The van der Waals surface area contributed by atoms with Gasteiger partial charge in [0.2, 0.25) is 0 Å². The van der Waals surface area contributed by atoms with Gasteiger partial charge < -0.3 is 9.47 Å². The minimum atomic E-state index is -0.199. The molecule has 2 aromatic carbocycles. The van der Waals surface area contributed by atoms with Crippen LogP contribution in [0.5, 0.6) is 5.75 Å². The highest BCUT2D eigenvalue weighted by molar-refractivity contribution is 5.70. The van der Waals surface area contributed by atoms with E-state index in [1.165, 1.54) is 16.7 Å². The second-order valence-electron chi connectivity index (χ2n) is 6.72. The van der Waals surface area contributed by atoms with E-state index in [-0.39, 0.29) is 6.10 Å². The fourth-order valence-electron chi connectivity index (χ4n) is 3.69. The Labute approximate surface area is 168 Å². The Balaban J connectivity index is 2.11. The van der Waals surface area contributed by atoms with Crippen LogP contribution in [0.4, 0.5) is 0 Å². The van der Waals surface area contributed by atoms with Crippen LogP contribution >= 0.6 is 0 Å². The molecule has 0 saturated carbocycles. The number of pyridine rings is 1. The molecule has 1 aromatic heterocycles. The fraction of sp³-hybridized carbons (Fsp3) is 0.320. The van der Waals surface area contributed by atoms with Gasteiger partial charge in [0.1, 0.15) is 11.9 Å². The predicted molar refractivity (Wildman–Crippen MR) is 115 cm³/mol. The summed E-state index contributed by atoms with van der Waals surface area (Å²) in [6.07, 6.45) is 3.66. The maximum atomic E-state index is 6.07. The van der Waals surface area contributed by atoms with Crippen LogP contribution in [-0.2, 0) is 17.6 Å². The summed E-state index contributed by atoms with van der Waals surface area (Å²) >= 11 is 0. The molecule has 3 nitrogen and oxygen atoms in total. The first kappa shape index (κ1) is 20.1. The standard InChI is InChI=1S/C25H29NO2/c1-5-18-14-11-15-19(6-2)24(18)22-16-23(27-4)21(17-26-22)25(28-7-3)20-12-9-8-10-13-20/h8-17,25H,5-7H2,1-4H3. The normalized spacial score (nSPS) is 12.0. The van der Waals surface area contributed by atoms with E-state index in [2.05, 4.69) is 50.2 Å². The number of aromatic nitrogens is 1. The Hall–Kier alpha value is -2.65. The lowest BCUT2D eigenvalue weighted by Gasteiger charge is -2.21. The van der Waals surface area contributed by atoms with Crippen molar-refractivity contribution in [2.75, 3.05) is 13.7 Å². The number of hydrogen-bond donors (Lipinski definition) is 0. The van der Waals surface area contributed by atoms with Gasteiger partial charge in [-0.25, -0.2) is 0 Å². The van der Waals surface area contributed by atoms with Crippen molar-refractivity contribution in [3.8, 4) is 17.0 Å². The molecule has 0 spiro atoms. The zero-order chi connectivity index (χ0) is 19.9. The minimum Gasteiger partial charge on any atom is -0.496 e. The summed E-state index contributed by atoms with van der Waals surface area (Å²) in [6.45, 7) is 6.99. The summed E-state index contributed by atoms with van der Waals surface area (Å²) in [5.74, 6) is 0.806. The second kappa shape index (κ2) is 9.52. The van der Waals surface area contributed by atoms with Crippen LogP contribution < -0.4 is 4.74 Å². The fourth-order valence-corrected chi connectivity index (χ4v) is 3.69. The summed E-state index contributed by atoms with van der Waals surface area (Å²) in [7, 11) is 1.71. The molecule has 1 unspecified atom stereocenters. The van der Waals surface area contributed by atoms with Crippen LogP contribution in [0.1, 0.15) is 49.1 Å². The van der Waals surface area contributed by atoms with Gasteiger partial charge in [-0.05, 0) is 36.5 Å². The number of methoxy groups -OCH3 is 1. The molecule has 0 saturated heterocycles. The molecule has 3 aromatic rings. The third-order valence-corrected chi connectivity index (χ3v) is 5.09. The van der Waals surface area contributed by atoms with E-state index in [1.54, 1.807) is 7.11 Å². The average Bonchev–Trinajstić information content (AvgIpc) is 2.77. The van der Waals surface area contributed by atoms with E-state index in [0.717, 1.165) is 35.4 Å². The Morgan fingerprint density at radius 2 is 1.57 bits per heavy atom. The van der Waals surface area contributed by atoms with E-state index in [9.17, 15) is 0 Å². The number of aryl methyl sites for hydroxylation is 2. The number of ether oxygens (including phenoxy) is 2. The summed E-state index contributed by atoms with van der Waals surface area (Å²) in [4.78, 5) is 4.84. The highest BCUT2D eigenvalue weighted by Crippen LogP contribution is 2.36. The number of hydrogen-bond acceptors (Lipinski definition) is 3. The molecule has 3 rings (SSSR count). The van der Waals surface area contributed by atoms with Crippen molar-refractivity contribution >= 4 is 0 Å². The minimum absolute atomic E-state index is 0.199. The van der Waals surface area contributed by atoms with Gasteiger partial charge in [-0.15, -0.1) is 0 Å². The summed E-state index contributed by atoms with van der Waals surface area (Å²) in [6, 6.07) is 18.8. The SMILES string of the molecule is CCOC(c1ccccc1)c1cnc(-c2c(CC)cccc2CC)cc1OC. The maximum absolute atomic E-state index is 6.07. The lowest BCUT2D eigenvalue weighted by molar-refractivity contribution is 0.0891. The lowest BCUT2D eigenvalue weighted by Crippen LogP contribution is -2.09. The van der Waals surface area contributed by atoms with E-state index in [1.807, 2.05) is 31.3 Å². The van der Waals surface area contributed by atoms with Gasteiger partial charge in [0.15, 0.2) is 0 Å². The summed E-state index contributed by atoms with van der Waals surface area (Å²) in [5.41, 5.74) is 6.85. The van der Waals surface area contributed by atoms with Crippen LogP contribution in [-0.4, -0.2) is 18.7 Å². The molecule has 0 bridgehead atoms. The first-order valence-electron chi connectivity index (χ1n) is 10.0. The van der Waals surface area contributed by atoms with Gasteiger partial charge in [0, 0.05) is 30.0 Å². The zero-order valence-electron chi connectivity index (χ0n) is 17.2. The van der Waals surface area contributed by atoms with Crippen LogP contribution in [0.2, 0.25) is 0 Å². The van der Waals surface area contributed by atoms with E-state index in [0.29, 0.717) is 6.61 Å². The predicted octanol–water partition coefficient (Wildman–Crippen LogP) is 6.01. The molecular formula is C25H29NO2. The molecule has 0 radical (unpaired) electrons. The van der Waals surface area contributed by atoms with Crippen LogP contribution in [0.3, 0.4) is 0 Å². The van der Waals surface area contributed by atoms with E-state index in [4.69, 9.17) is 14.5 Å². The Kier molecular flexibility index (Phi) is 6.83. The third kappa shape index (κ3) is 4.10. The van der Waals surface area contributed by atoms with Crippen LogP contribution in [0.15, 0.2) is 60.8 Å². The maximum Gasteiger partial charge on any atom is 0.128 e. The Bertz CT molecular complexity index is 883. The zero-order valence-corrected chi connectivity index (χ0v) is 17.2. The summed E-state index contributed by atoms with van der Waals surface area (Å²) < 4.78 is 11.9. The molecule has 0 N–H and O–H groups in total. The molecule has 0 amide bonds. The van der Waals surface area contributed by atoms with Crippen molar-refractivity contribution in [1.82, 2.24) is 4.98 Å². The van der Waals surface area contributed by atoms with Gasteiger partial charge in [0.05, 0.1) is 12.8 Å². The molecule has 146 valence electrons. The van der Waals surface area contributed by atoms with Crippen molar-refractivity contribution < 1.29 is 9.47 Å². The highest BCUT2D eigenvalue weighted by atomic mass is 16.5. The topological polar surface area (TPSA) is 31.4 Å². The molecule has 0 aliphatic heterocycles. The Morgan fingerprint density at radius 1 is 0.893 bits per heavy atom. The molecular weight excluding hydrogens is 346 g/mol. The van der Waals surface area contributed by atoms with Crippen molar-refractivity contribution in [1.29, 1.82) is 0 Å². The van der Waals surface area contributed by atoms with Gasteiger partial charge in [-0.1, -0.05) is 62.4 Å². The van der Waals surface area contributed by atoms with Crippen molar-refractivity contribution in [3.63, 3.8) is 0 Å². The molecule has 0 fully saturated rings. The number of rotatable bonds is 8. The second-order valence-corrected chi connectivity index (χ2v) is 6.72. The molecule has 1 heterocycles. The molecule has 28 heavy (non-hydrogen) atoms. The largest absolute Gasteiger partial charge is 0.496 e. The molecule has 0 aliphatic carbocycles. The van der Waals surface area contributed by atoms with Crippen molar-refractivity contribution in [2.24, 2.45) is 0 Å². The number of nitrogens with zero attached hydrogens (tertiary/aromatic N) is 1. The van der Waals surface area contributed by atoms with Crippen molar-refractivity contribution in [2.45, 2.75) is 39.7 Å². The van der Waals surface area contributed by atoms with Gasteiger partial charge >= 0.3 is 0 Å². The monoisotopic (exact) mass is 375 g/mol. The lowest BCUT2D eigenvalue weighted by atomic mass is 9.93. The number of benzene rings is 2. The molecule has 1 atom stereocenters. The average molecular weight is 376 g/mol. The van der Waals surface area contributed by atoms with Gasteiger partial charge in [0.25, 0.3) is 0 Å². The first-order chi connectivity index (χ1) is 13.7. The molecule has 3 heteroatoms. The third-order valence-electron chi connectivity index (χ3n) is 5.09. The van der Waals surface area contributed by atoms with E-state index >= 15 is 0 Å². The molecule has 0 aliphatic rings. The van der Waals surface area contributed by atoms with Gasteiger partial charge in [-0.2, -0.15) is 0 Å². The summed E-state index contributed by atoms with van der Waals surface area (Å²) in [5, 5.41) is 0. The first-order valence-corrected chi connectivity index (χ1v) is 10.0. The van der Waals surface area contributed by atoms with Crippen LogP contribution in [0, 0.1) is 0 Å². The highest BCUT2D eigenvalue weighted by Gasteiger charge is 2.21. The Morgan fingerprint density at radius 3 is 2.14 bits per heavy atom. The van der Waals surface area contributed by atoms with E-state index < -0.39 is 0 Å². The smallest absolute Gasteiger partial charge is 0.128 e. The van der Waals surface area contributed by atoms with Gasteiger partial charge in [-0.3, -0.25) is 4.98 Å². The van der Waals surface area contributed by atoms with Crippen LogP contribution in [0.25, 0.3) is 11.3 Å².